The van der Waals surface area contributed by atoms with Crippen molar-refractivity contribution in [3.63, 3.8) is 0 Å². The summed E-state index contributed by atoms with van der Waals surface area (Å²) < 4.78 is 0. The van der Waals surface area contributed by atoms with Gasteiger partial charge in [-0.3, -0.25) is 4.79 Å². The van der Waals surface area contributed by atoms with Crippen LogP contribution in [-0.2, 0) is 0 Å². The zero-order valence-corrected chi connectivity index (χ0v) is 9.08. The fourth-order valence-electron chi connectivity index (χ4n) is 0.997. The Kier molecular flexibility index (Phi) is 3.74. The molecule has 4 heteroatoms. The van der Waals surface area contributed by atoms with Crippen LogP contribution in [0.3, 0.4) is 0 Å². The van der Waals surface area contributed by atoms with Gasteiger partial charge in [0.2, 0.25) is 0 Å². The summed E-state index contributed by atoms with van der Waals surface area (Å²) in [5, 5.41) is 12.0. The topological polar surface area (TPSA) is 49.3 Å². The van der Waals surface area contributed by atoms with E-state index in [1.807, 2.05) is 6.92 Å². The lowest BCUT2D eigenvalue weighted by molar-refractivity contribution is 0.0947. The van der Waals surface area contributed by atoms with Crippen molar-refractivity contribution < 1.29 is 9.90 Å². The van der Waals surface area contributed by atoms with Gasteiger partial charge in [0.05, 0.1) is 5.02 Å². The van der Waals surface area contributed by atoms with Gasteiger partial charge in [-0.2, -0.15) is 0 Å². The first-order valence-corrected chi connectivity index (χ1v) is 4.84. The second-order valence-electron chi connectivity index (χ2n) is 3.16. The summed E-state index contributed by atoms with van der Waals surface area (Å²) >= 11 is 5.68. The maximum Gasteiger partial charge on any atom is 0.251 e. The fourth-order valence-corrected chi connectivity index (χ4v) is 1.18. The number of rotatable bonds is 3. The van der Waals surface area contributed by atoms with Gasteiger partial charge >= 0.3 is 0 Å². The van der Waals surface area contributed by atoms with Crippen LogP contribution in [0, 0.1) is 0 Å². The van der Waals surface area contributed by atoms with E-state index in [0.29, 0.717) is 5.56 Å². The maximum absolute atomic E-state index is 11.6. The van der Waals surface area contributed by atoms with E-state index in [1.54, 1.807) is 6.08 Å². The van der Waals surface area contributed by atoms with Gasteiger partial charge in [-0.15, -0.1) is 6.58 Å². The van der Waals surface area contributed by atoms with Crippen LogP contribution < -0.4 is 5.32 Å². The summed E-state index contributed by atoms with van der Waals surface area (Å²) in [4.78, 5) is 11.6. The van der Waals surface area contributed by atoms with Gasteiger partial charge in [-0.25, -0.2) is 0 Å². The Morgan fingerprint density at radius 3 is 2.87 bits per heavy atom. The molecule has 1 rings (SSSR count). The first kappa shape index (κ1) is 11.6. The second kappa shape index (κ2) is 4.84. The summed E-state index contributed by atoms with van der Waals surface area (Å²) in [6.45, 7) is 5.37. The van der Waals surface area contributed by atoms with Gasteiger partial charge in [-0.1, -0.05) is 17.7 Å². The van der Waals surface area contributed by atoms with Crippen LogP contribution in [0.25, 0.3) is 0 Å². The van der Waals surface area contributed by atoms with E-state index in [-0.39, 0.29) is 22.7 Å². The Labute approximate surface area is 93.4 Å². The van der Waals surface area contributed by atoms with Crippen LogP contribution in [0.1, 0.15) is 17.3 Å². The van der Waals surface area contributed by atoms with E-state index >= 15 is 0 Å². The Balaban J connectivity index is 2.83. The highest BCUT2D eigenvalue weighted by molar-refractivity contribution is 6.32. The van der Waals surface area contributed by atoms with Crippen LogP contribution in [0.2, 0.25) is 5.02 Å². The molecule has 80 valence electrons. The number of hydrogen-bond donors (Lipinski definition) is 2. The number of phenols is 1. The van der Waals surface area contributed by atoms with Crippen LogP contribution in [-0.4, -0.2) is 17.1 Å². The highest BCUT2D eigenvalue weighted by Crippen LogP contribution is 2.23. The molecule has 3 nitrogen and oxygen atoms in total. The number of benzene rings is 1. The maximum atomic E-state index is 11.6. The molecule has 0 saturated heterocycles. The number of amides is 1. The molecule has 0 saturated carbocycles. The highest BCUT2D eigenvalue weighted by Gasteiger charge is 2.09. The van der Waals surface area contributed by atoms with Crippen molar-refractivity contribution in [1.82, 2.24) is 5.32 Å². The van der Waals surface area contributed by atoms with E-state index in [2.05, 4.69) is 11.9 Å². The summed E-state index contributed by atoms with van der Waals surface area (Å²) in [7, 11) is 0. The molecule has 0 fully saturated rings. The lowest BCUT2D eigenvalue weighted by Gasteiger charge is -2.09. The molecule has 0 spiro atoms. The van der Waals surface area contributed by atoms with Crippen LogP contribution in [0.15, 0.2) is 30.9 Å². The zero-order valence-electron chi connectivity index (χ0n) is 8.33. The molecule has 15 heavy (non-hydrogen) atoms. The molecule has 1 atom stereocenters. The number of carbonyl (C=O) groups excluding carboxylic acids is 1. The predicted molar refractivity (Wildman–Crippen MR) is 60.2 cm³/mol. The molecule has 0 aromatic heterocycles. The average molecular weight is 226 g/mol. The average Bonchev–Trinajstić information content (AvgIpc) is 2.21. The quantitative estimate of drug-likeness (QED) is 0.776. The molecular formula is C11H12ClNO2. The van der Waals surface area contributed by atoms with Crippen molar-refractivity contribution in [3.05, 3.63) is 41.4 Å². The third kappa shape index (κ3) is 2.99. The lowest BCUT2D eigenvalue weighted by Crippen LogP contribution is -2.30. The van der Waals surface area contributed by atoms with Gasteiger partial charge in [-0.05, 0) is 25.1 Å². The fraction of sp³-hybridized carbons (Fsp3) is 0.182. The molecule has 0 bridgehead atoms. The van der Waals surface area contributed by atoms with Crippen molar-refractivity contribution in [2.45, 2.75) is 13.0 Å². The Bertz CT molecular complexity index is 390. The van der Waals surface area contributed by atoms with Gasteiger partial charge in [0.25, 0.3) is 5.91 Å². The van der Waals surface area contributed by atoms with Gasteiger partial charge < -0.3 is 10.4 Å². The SMILES string of the molecule is C=CC(C)NC(=O)c1ccc(O)c(Cl)c1. The third-order valence-corrected chi connectivity index (χ3v) is 2.22. The smallest absolute Gasteiger partial charge is 0.251 e. The molecule has 0 aliphatic heterocycles. The molecular weight excluding hydrogens is 214 g/mol. The molecule has 1 aromatic carbocycles. The number of aromatic hydroxyl groups is 1. The predicted octanol–water partition coefficient (Wildman–Crippen LogP) is 2.35. The minimum atomic E-state index is -0.246. The normalized spacial score (nSPS) is 11.9. The molecule has 1 amide bonds. The van der Waals surface area contributed by atoms with E-state index in [1.165, 1.54) is 18.2 Å². The van der Waals surface area contributed by atoms with Crippen molar-refractivity contribution in [1.29, 1.82) is 0 Å². The largest absolute Gasteiger partial charge is 0.506 e. The molecule has 1 unspecified atom stereocenters. The van der Waals surface area contributed by atoms with Crippen LogP contribution in [0.4, 0.5) is 0 Å². The molecule has 0 heterocycles. The standard InChI is InChI=1S/C11H12ClNO2/c1-3-7(2)13-11(15)8-4-5-10(14)9(12)6-8/h3-7,14H,1H2,2H3,(H,13,15). The molecule has 0 aliphatic rings. The summed E-state index contributed by atoms with van der Waals surface area (Å²) in [6, 6.07) is 4.20. The van der Waals surface area contributed by atoms with Crippen molar-refractivity contribution in [2.24, 2.45) is 0 Å². The van der Waals surface area contributed by atoms with E-state index in [9.17, 15) is 9.90 Å². The Morgan fingerprint density at radius 2 is 2.33 bits per heavy atom. The van der Waals surface area contributed by atoms with Gasteiger partial charge in [0.1, 0.15) is 5.75 Å². The Morgan fingerprint density at radius 1 is 1.67 bits per heavy atom. The van der Waals surface area contributed by atoms with E-state index in [0.717, 1.165) is 0 Å². The minimum Gasteiger partial charge on any atom is -0.506 e. The summed E-state index contributed by atoms with van der Waals surface area (Å²) in [5.41, 5.74) is 0.409. The lowest BCUT2D eigenvalue weighted by atomic mass is 10.2. The number of hydrogen-bond acceptors (Lipinski definition) is 2. The van der Waals surface area contributed by atoms with Crippen molar-refractivity contribution in [2.75, 3.05) is 0 Å². The highest BCUT2D eigenvalue weighted by atomic mass is 35.5. The number of halogens is 1. The van der Waals surface area contributed by atoms with E-state index < -0.39 is 0 Å². The number of carbonyl (C=O) groups is 1. The van der Waals surface area contributed by atoms with Crippen LogP contribution >= 0.6 is 11.6 Å². The number of phenolic OH excluding ortho intramolecular Hbond substituents is 1. The Hall–Kier alpha value is -1.48. The van der Waals surface area contributed by atoms with Gasteiger partial charge in [0, 0.05) is 11.6 Å². The first-order chi connectivity index (χ1) is 7.04. The number of nitrogens with one attached hydrogen (secondary N) is 1. The van der Waals surface area contributed by atoms with Crippen LogP contribution in [0.5, 0.6) is 5.75 Å². The molecule has 0 aliphatic carbocycles. The molecule has 0 radical (unpaired) electrons. The zero-order chi connectivity index (χ0) is 11.4. The summed E-state index contributed by atoms with van der Waals surface area (Å²) in [6.07, 6.45) is 1.62. The molecule has 2 N–H and O–H groups in total. The van der Waals surface area contributed by atoms with Crippen molar-refractivity contribution in [3.8, 4) is 5.75 Å². The van der Waals surface area contributed by atoms with Gasteiger partial charge in [0.15, 0.2) is 0 Å². The third-order valence-electron chi connectivity index (χ3n) is 1.92. The molecule has 1 aromatic rings. The van der Waals surface area contributed by atoms with E-state index in [4.69, 9.17) is 11.6 Å². The minimum absolute atomic E-state index is 0.0371. The monoisotopic (exact) mass is 225 g/mol. The van der Waals surface area contributed by atoms with Crippen molar-refractivity contribution >= 4 is 17.5 Å². The second-order valence-corrected chi connectivity index (χ2v) is 3.57. The first-order valence-electron chi connectivity index (χ1n) is 4.46. The summed E-state index contributed by atoms with van der Waals surface area (Å²) in [5.74, 6) is -0.283.